The van der Waals surface area contributed by atoms with Gasteiger partial charge in [0.1, 0.15) is 10.7 Å². The number of aromatic nitrogens is 1. The fraction of sp³-hybridized carbons (Fsp3) is 0.500. The van der Waals surface area contributed by atoms with Gasteiger partial charge in [0.25, 0.3) is 5.91 Å². The Balaban J connectivity index is 1.35. The number of carbonyl (C=O) groups is 2. The highest BCUT2D eigenvalue weighted by atomic mass is 32.1. The zero-order valence-corrected chi connectivity index (χ0v) is 17.8. The van der Waals surface area contributed by atoms with Crippen LogP contribution in [0.25, 0.3) is 10.6 Å². The number of amides is 3. The Morgan fingerprint density at radius 2 is 1.52 bits per heavy atom. The number of likely N-dealkylation sites (tertiary alicyclic amines) is 1. The van der Waals surface area contributed by atoms with Crippen LogP contribution in [-0.4, -0.2) is 70.9 Å². The third kappa shape index (κ3) is 4.45. The zero-order valence-electron chi connectivity index (χ0n) is 17.0. The predicted molar refractivity (Wildman–Crippen MR) is 115 cm³/mol. The highest BCUT2D eigenvalue weighted by molar-refractivity contribution is 7.13. The summed E-state index contributed by atoms with van der Waals surface area (Å²) in [4.78, 5) is 35.8. The summed E-state index contributed by atoms with van der Waals surface area (Å²) in [5.74, 6) is -0.0391. The molecule has 3 amide bonds. The number of thiazole rings is 1. The molecule has 1 aromatic heterocycles. The number of rotatable bonds is 3. The summed E-state index contributed by atoms with van der Waals surface area (Å²) < 4.78 is 0. The molecule has 0 atom stereocenters. The molecular formula is C22H28N4O2S. The van der Waals surface area contributed by atoms with E-state index in [1.165, 1.54) is 23.3 Å². The minimum Gasteiger partial charge on any atom is -0.334 e. The maximum Gasteiger partial charge on any atom is 0.320 e. The van der Waals surface area contributed by atoms with Gasteiger partial charge in [0.05, 0.1) is 0 Å². The highest BCUT2D eigenvalue weighted by Crippen LogP contribution is 2.25. The summed E-state index contributed by atoms with van der Waals surface area (Å²) in [6.45, 7) is 6.17. The van der Waals surface area contributed by atoms with Crippen LogP contribution in [-0.2, 0) is 6.42 Å². The fourth-order valence-corrected chi connectivity index (χ4v) is 4.74. The van der Waals surface area contributed by atoms with Gasteiger partial charge < -0.3 is 14.7 Å². The molecule has 29 heavy (non-hydrogen) atoms. The van der Waals surface area contributed by atoms with E-state index in [0.29, 0.717) is 31.9 Å². The van der Waals surface area contributed by atoms with Gasteiger partial charge in [0.2, 0.25) is 0 Å². The van der Waals surface area contributed by atoms with Crippen molar-refractivity contribution in [3.63, 3.8) is 0 Å². The third-order valence-corrected chi connectivity index (χ3v) is 6.69. The van der Waals surface area contributed by atoms with E-state index in [4.69, 9.17) is 0 Å². The summed E-state index contributed by atoms with van der Waals surface area (Å²) in [5, 5.41) is 2.71. The second-order valence-corrected chi connectivity index (χ2v) is 8.56. The van der Waals surface area contributed by atoms with Gasteiger partial charge in [0, 0.05) is 50.2 Å². The first-order valence-electron chi connectivity index (χ1n) is 10.5. The molecule has 0 saturated carbocycles. The zero-order chi connectivity index (χ0) is 20.2. The number of benzene rings is 1. The van der Waals surface area contributed by atoms with E-state index < -0.39 is 0 Å². The molecule has 0 aliphatic carbocycles. The van der Waals surface area contributed by atoms with Crippen LogP contribution in [0.2, 0.25) is 0 Å². The molecule has 0 radical (unpaired) electrons. The van der Waals surface area contributed by atoms with E-state index in [1.807, 2.05) is 20.1 Å². The van der Waals surface area contributed by atoms with Crippen molar-refractivity contribution in [2.45, 2.75) is 32.6 Å². The molecule has 154 valence electrons. The van der Waals surface area contributed by atoms with E-state index in [2.05, 4.69) is 36.2 Å². The molecule has 3 heterocycles. The fourth-order valence-electron chi connectivity index (χ4n) is 3.94. The van der Waals surface area contributed by atoms with Crippen molar-refractivity contribution < 1.29 is 9.59 Å². The molecule has 2 fully saturated rings. The average molecular weight is 413 g/mol. The number of piperidine rings is 1. The molecule has 1 aromatic carbocycles. The molecule has 6 nitrogen and oxygen atoms in total. The van der Waals surface area contributed by atoms with Gasteiger partial charge in [-0.25, -0.2) is 9.78 Å². The monoisotopic (exact) mass is 412 g/mol. The Bertz CT molecular complexity index is 850. The smallest absolute Gasteiger partial charge is 0.320 e. The first-order chi connectivity index (χ1) is 14.2. The number of hydrogen-bond donors (Lipinski definition) is 0. The Morgan fingerprint density at radius 3 is 2.17 bits per heavy atom. The van der Waals surface area contributed by atoms with Crippen molar-refractivity contribution in [2.75, 3.05) is 39.3 Å². The number of urea groups is 1. The van der Waals surface area contributed by atoms with Crippen LogP contribution < -0.4 is 0 Å². The van der Waals surface area contributed by atoms with Gasteiger partial charge >= 0.3 is 6.03 Å². The molecule has 2 saturated heterocycles. The van der Waals surface area contributed by atoms with Crippen LogP contribution in [0.1, 0.15) is 42.2 Å². The molecular weight excluding hydrogens is 384 g/mol. The quantitative estimate of drug-likeness (QED) is 0.772. The minimum absolute atomic E-state index is 0.0391. The number of nitrogens with zero attached hydrogens (tertiary/aromatic N) is 4. The number of aryl methyl sites for hydroxylation is 1. The lowest BCUT2D eigenvalue weighted by molar-refractivity contribution is 0.0628. The molecule has 2 aliphatic rings. The normalized spacial score (nSPS) is 17.5. The van der Waals surface area contributed by atoms with Crippen molar-refractivity contribution >= 4 is 23.3 Å². The summed E-state index contributed by atoms with van der Waals surface area (Å²) in [6, 6.07) is 8.48. The standard InChI is InChI=1S/C22H28N4O2S/c1-2-17-6-8-18(9-7-17)20-23-19(16-29-20)21(27)24-12-14-26(15-13-24)22(28)25-10-4-3-5-11-25/h6-9,16H,2-5,10-15H2,1H3. The van der Waals surface area contributed by atoms with Crippen molar-refractivity contribution in [3.8, 4) is 10.6 Å². The van der Waals surface area contributed by atoms with Gasteiger partial charge in [-0.3, -0.25) is 4.79 Å². The summed E-state index contributed by atoms with van der Waals surface area (Å²) >= 11 is 1.50. The number of hydrogen-bond acceptors (Lipinski definition) is 4. The molecule has 0 unspecified atom stereocenters. The van der Waals surface area contributed by atoms with Crippen LogP contribution in [0.5, 0.6) is 0 Å². The molecule has 0 N–H and O–H groups in total. The predicted octanol–water partition coefficient (Wildman–Crippen LogP) is 3.74. The van der Waals surface area contributed by atoms with E-state index in [9.17, 15) is 9.59 Å². The molecule has 4 rings (SSSR count). The molecule has 7 heteroatoms. The summed E-state index contributed by atoms with van der Waals surface area (Å²) in [7, 11) is 0. The lowest BCUT2D eigenvalue weighted by atomic mass is 10.1. The van der Waals surface area contributed by atoms with Crippen LogP contribution in [0.15, 0.2) is 29.6 Å². The molecule has 0 bridgehead atoms. The largest absolute Gasteiger partial charge is 0.334 e. The SMILES string of the molecule is CCc1ccc(-c2nc(C(=O)N3CCN(C(=O)N4CCCCC4)CC3)cs2)cc1. The average Bonchev–Trinajstić information content (AvgIpc) is 3.29. The Hall–Kier alpha value is -2.41. The summed E-state index contributed by atoms with van der Waals surface area (Å²) in [6.07, 6.45) is 4.41. The van der Waals surface area contributed by atoms with E-state index in [1.54, 1.807) is 0 Å². The Kier molecular flexibility index (Phi) is 6.13. The van der Waals surface area contributed by atoms with Crippen molar-refractivity contribution in [3.05, 3.63) is 40.9 Å². The van der Waals surface area contributed by atoms with Crippen molar-refractivity contribution in [1.29, 1.82) is 0 Å². The van der Waals surface area contributed by atoms with E-state index >= 15 is 0 Å². The maximum absolute atomic E-state index is 12.9. The Labute approximate surface area is 176 Å². The van der Waals surface area contributed by atoms with Gasteiger partial charge in [-0.1, -0.05) is 31.2 Å². The van der Waals surface area contributed by atoms with Crippen LogP contribution in [0, 0.1) is 0 Å². The lowest BCUT2D eigenvalue weighted by Gasteiger charge is -2.38. The second kappa shape index (κ2) is 8.95. The minimum atomic E-state index is -0.0391. The van der Waals surface area contributed by atoms with E-state index in [-0.39, 0.29) is 11.9 Å². The van der Waals surface area contributed by atoms with E-state index in [0.717, 1.165) is 42.9 Å². The van der Waals surface area contributed by atoms with Crippen molar-refractivity contribution in [2.24, 2.45) is 0 Å². The Morgan fingerprint density at radius 1 is 0.897 bits per heavy atom. The third-order valence-electron chi connectivity index (χ3n) is 5.80. The molecule has 2 aliphatic heterocycles. The molecule has 2 aromatic rings. The maximum atomic E-state index is 12.9. The van der Waals surface area contributed by atoms with Crippen molar-refractivity contribution in [1.82, 2.24) is 19.7 Å². The van der Waals surface area contributed by atoms with Gasteiger partial charge in [-0.2, -0.15) is 0 Å². The van der Waals surface area contributed by atoms with Crippen LogP contribution >= 0.6 is 11.3 Å². The van der Waals surface area contributed by atoms with Crippen LogP contribution in [0.3, 0.4) is 0 Å². The number of carbonyl (C=O) groups excluding carboxylic acids is 2. The van der Waals surface area contributed by atoms with Gasteiger partial charge in [0.15, 0.2) is 0 Å². The van der Waals surface area contributed by atoms with Crippen LogP contribution in [0.4, 0.5) is 4.79 Å². The topological polar surface area (TPSA) is 56.8 Å². The van der Waals surface area contributed by atoms with Gasteiger partial charge in [-0.15, -0.1) is 11.3 Å². The van der Waals surface area contributed by atoms with Gasteiger partial charge in [-0.05, 0) is 31.2 Å². The lowest BCUT2D eigenvalue weighted by Crippen LogP contribution is -2.54. The molecule has 0 spiro atoms. The first kappa shape index (κ1) is 19.9. The second-order valence-electron chi connectivity index (χ2n) is 7.70. The summed E-state index contributed by atoms with van der Waals surface area (Å²) in [5.41, 5.74) is 2.84. The first-order valence-corrected chi connectivity index (χ1v) is 11.4. The number of piperazine rings is 1. The highest BCUT2D eigenvalue weighted by Gasteiger charge is 2.29.